The van der Waals surface area contributed by atoms with Gasteiger partial charge in [-0.25, -0.2) is 0 Å². The Morgan fingerprint density at radius 3 is 2.06 bits per heavy atom. The van der Waals surface area contributed by atoms with Crippen LogP contribution in [0.15, 0.2) is 0 Å². The molecule has 3 nitrogen and oxygen atoms in total. The van der Waals surface area contributed by atoms with Gasteiger partial charge in [-0.15, -0.1) is 0 Å². The van der Waals surface area contributed by atoms with Crippen LogP contribution in [0.5, 0.6) is 0 Å². The topological polar surface area (TPSA) is 38.3 Å². The van der Waals surface area contributed by atoms with E-state index in [1.807, 2.05) is 6.92 Å². The highest BCUT2D eigenvalue weighted by atomic mass is 16.5. The lowest BCUT2D eigenvalue weighted by Gasteiger charge is -2.33. The fraction of sp³-hybridized carbons (Fsp3) is 0.923. The normalized spacial score (nSPS) is 11.5. The third-order valence-corrected chi connectivity index (χ3v) is 2.80. The lowest BCUT2D eigenvalue weighted by atomic mass is 9.85. The Hall–Kier alpha value is -0.570. The fourth-order valence-electron chi connectivity index (χ4n) is 2.36. The Balaban J connectivity index is 4.51. The molecule has 0 rings (SSSR count). The first-order valence-electron chi connectivity index (χ1n) is 6.54. The molecule has 0 aliphatic heterocycles. The Labute approximate surface area is 99.9 Å². The van der Waals surface area contributed by atoms with Gasteiger partial charge in [0.15, 0.2) is 0 Å². The van der Waals surface area contributed by atoms with Gasteiger partial charge in [0.25, 0.3) is 0 Å². The number of carbonyl (C=O) groups excluding carboxylic acids is 1. The van der Waals surface area contributed by atoms with E-state index in [2.05, 4.69) is 26.1 Å². The number of carbonyl (C=O) groups is 1. The Morgan fingerprint density at radius 1 is 1.12 bits per heavy atom. The van der Waals surface area contributed by atoms with E-state index in [1.165, 1.54) is 0 Å². The standard InChI is InChI=1S/C13H27NO2/c1-5-9-13(10-6-2,14-7-3)11-12(15)16-8-4/h14H,5-11H2,1-4H3. The molecular weight excluding hydrogens is 202 g/mol. The molecular formula is C13H27NO2. The molecule has 0 aliphatic rings. The van der Waals surface area contributed by atoms with Crippen LogP contribution in [0, 0.1) is 0 Å². The van der Waals surface area contributed by atoms with Crippen LogP contribution < -0.4 is 5.32 Å². The molecule has 0 unspecified atom stereocenters. The quantitative estimate of drug-likeness (QED) is 0.618. The molecule has 0 atom stereocenters. The molecule has 0 saturated heterocycles. The van der Waals surface area contributed by atoms with Gasteiger partial charge >= 0.3 is 5.97 Å². The molecule has 0 heterocycles. The molecule has 0 aromatic heterocycles. The summed E-state index contributed by atoms with van der Waals surface area (Å²) >= 11 is 0. The molecule has 16 heavy (non-hydrogen) atoms. The molecule has 0 bridgehead atoms. The summed E-state index contributed by atoms with van der Waals surface area (Å²) in [6, 6.07) is 0. The fourth-order valence-corrected chi connectivity index (χ4v) is 2.36. The highest BCUT2D eigenvalue weighted by Gasteiger charge is 2.30. The van der Waals surface area contributed by atoms with Crippen molar-refractivity contribution in [3.63, 3.8) is 0 Å². The second kappa shape index (κ2) is 8.57. The molecule has 0 aliphatic carbocycles. The first-order valence-corrected chi connectivity index (χ1v) is 6.54. The van der Waals surface area contributed by atoms with Crippen LogP contribution in [0.25, 0.3) is 0 Å². The van der Waals surface area contributed by atoms with Crippen molar-refractivity contribution in [2.45, 2.75) is 65.3 Å². The largest absolute Gasteiger partial charge is 0.466 e. The predicted octanol–water partition coefficient (Wildman–Crippen LogP) is 2.89. The van der Waals surface area contributed by atoms with Gasteiger partial charge in [0.05, 0.1) is 13.0 Å². The number of hydrogen-bond donors (Lipinski definition) is 1. The maximum absolute atomic E-state index is 11.6. The zero-order chi connectivity index (χ0) is 12.4. The molecule has 0 aromatic rings. The highest BCUT2D eigenvalue weighted by Crippen LogP contribution is 2.24. The molecule has 0 radical (unpaired) electrons. The van der Waals surface area contributed by atoms with Crippen molar-refractivity contribution in [1.29, 1.82) is 0 Å². The summed E-state index contributed by atoms with van der Waals surface area (Å²) in [6.45, 7) is 9.64. The van der Waals surface area contributed by atoms with Crippen LogP contribution in [-0.4, -0.2) is 24.7 Å². The van der Waals surface area contributed by atoms with Gasteiger partial charge in [0, 0.05) is 5.54 Å². The van der Waals surface area contributed by atoms with E-state index < -0.39 is 0 Å². The summed E-state index contributed by atoms with van der Waals surface area (Å²) in [7, 11) is 0. The zero-order valence-electron chi connectivity index (χ0n) is 11.3. The SMILES string of the molecule is CCCC(CCC)(CC(=O)OCC)NCC. The van der Waals surface area contributed by atoms with Crippen LogP contribution in [0.1, 0.15) is 59.8 Å². The van der Waals surface area contributed by atoms with E-state index in [0.717, 1.165) is 32.2 Å². The molecule has 0 aromatic carbocycles. The van der Waals surface area contributed by atoms with Gasteiger partial charge in [0.2, 0.25) is 0 Å². The van der Waals surface area contributed by atoms with Crippen LogP contribution in [0.3, 0.4) is 0 Å². The second-order valence-corrected chi connectivity index (χ2v) is 4.29. The highest BCUT2D eigenvalue weighted by molar-refractivity contribution is 5.70. The predicted molar refractivity (Wildman–Crippen MR) is 67.5 cm³/mol. The van der Waals surface area contributed by atoms with E-state index in [9.17, 15) is 4.79 Å². The second-order valence-electron chi connectivity index (χ2n) is 4.29. The summed E-state index contributed by atoms with van der Waals surface area (Å²) < 4.78 is 5.06. The average Bonchev–Trinajstić information content (AvgIpc) is 2.18. The van der Waals surface area contributed by atoms with Gasteiger partial charge in [-0.2, -0.15) is 0 Å². The molecule has 0 amide bonds. The first kappa shape index (κ1) is 15.4. The number of esters is 1. The zero-order valence-corrected chi connectivity index (χ0v) is 11.3. The van der Waals surface area contributed by atoms with Crippen molar-refractivity contribution in [2.24, 2.45) is 0 Å². The Bertz CT molecular complexity index is 175. The van der Waals surface area contributed by atoms with Crippen molar-refractivity contribution >= 4 is 5.97 Å². The van der Waals surface area contributed by atoms with Crippen LogP contribution in [0.2, 0.25) is 0 Å². The Morgan fingerprint density at radius 2 is 1.69 bits per heavy atom. The number of nitrogens with one attached hydrogen (secondary N) is 1. The minimum atomic E-state index is -0.0784. The Kier molecular flexibility index (Phi) is 8.26. The first-order chi connectivity index (χ1) is 7.64. The van der Waals surface area contributed by atoms with Gasteiger partial charge < -0.3 is 10.1 Å². The summed E-state index contributed by atoms with van der Waals surface area (Å²) in [5, 5.41) is 3.49. The van der Waals surface area contributed by atoms with E-state index >= 15 is 0 Å². The van der Waals surface area contributed by atoms with E-state index in [4.69, 9.17) is 4.74 Å². The van der Waals surface area contributed by atoms with Gasteiger partial charge in [-0.3, -0.25) is 4.79 Å². The summed E-state index contributed by atoms with van der Waals surface area (Å²) in [5.41, 5.74) is -0.0511. The molecule has 0 fully saturated rings. The van der Waals surface area contributed by atoms with E-state index in [1.54, 1.807) is 0 Å². The van der Waals surface area contributed by atoms with Crippen molar-refractivity contribution in [2.75, 3.05) is 13.2 Å². The van der Waals surface area contributed by atoms with Crippen LogP contribution in [-0.2, 0) is 9.53 Å². The molecule has 0 saturated carbocycles. The van der Waals surface area contributed by atoms with Gasteiger partial charge in [-0.05, 0) is 26.3 Å². The van der Waals surface area contributed by atoms with Gasteiger partial charge in [0.1, 0.15) is 0 Å². The average molecular weight is 229 g/mol. The number of hydrogen-bond acceptors (Lipinski definition) is 3. The summed E-state index contributed by atoms with van der Waals surface area (Å²) in [5.74, 6) is -0.0784. The lowest BCUT2D eigenvalue weighted by Crippen LogP contribution is -2.47. The van der Waals surface area contributed by atoms with Crippen LogP contribution >= 0.6 is 0 Å². The van der Waals surface area contributed by atoms with Crippen molar-refractivity contribution in [1.82, 2.24) is 5.32 Å². The van der Waals surface area contributed by atoms with Crippen LogP contribution in [0.4, 0.5) is 0 Å². The monoisotopic (exact) mass is 229 g/mol. The smallest absolute Gasteiger partial charge is 0.307 e. The van der Waals surface area contributed by atoms with E-state index in [-0.39, 0.29) is 11.5 Å². The molecule has 1 N–H and O–H groups in total. The minimum absolute atomic E-state index is 0.0511. The molecule has 96 valence electrons. The summed E-state index contributed by atoms with van der Waals surface area (Å²) in [6.07, 6.45) is 4.75. The van der Waals surface area contributed by atoms with Crippen molar-refractivity contribution in [3.05, 3.63) is 0 Å². The third kappa shape index (κ3) is 5.50. The number of rotatable bonds is 9. The molecule has 0 spiro atoms. The molecule has 3 heteroatoms. The minimum Gasteiger partial charge on any atom is -0.466 e. The van der Waals surface area contributed by atoms with Gasteiger partial charge in [-0.1, -0.05) is 33.6 Å². The van der Waals surface area contributed by atoms with Crippen molar-refractivity contribution < 1.29 is 9.53 Å². The maximum Gasteiger partial charge on any atom is 0.307 e. The summed E-state index contributed by atoms with van der Waals surface area (Å²) in [4.78, 5) is 11.6. The lowest BCUT2D eigenvalue weighted by molar-refractivity contribution is -0.145. The third-order valence-electron chi connectivity index (χ3n) is 2.80. The number of ether oxygens (including phenoxy) is 1. The maximum atomic E-state index is 11.6. The van der Waals surface area contributed by atoms with Crippen molar-refractivity contribution in [3.8, 4) is 0 Å². The van der Waals surface area contributed by atoms with E-state index in [0.29, 0.717) is 13.0 Å².